The van der Waals surface area contributed by atoms with Crippen LogP contribution in [0.25, 0.3) is 11.3 Å². The minimum Gasteiger partial charge on any atom is -0.439 e. The Morgan fingerprint density at radius 2 is 1.70 bits per heavy atom. The van der Waals surface area contributed by atoms with Crippen LogP contribution in [0.1, 0.15) is 5.56 Å². The van der Waals surface area contributed by atoms with Gasteiger partial charge < -0.3 is 4.74 Å². The van der Waals surface area contributed by atoms with Gasteiger partial charge in [-0.3, -0.25) is 4.72 Å². The second kappa shape index (κ2) is 9.41. The summed E-state index contributed by atoms with van der Waals surface area (Å²) >= 11 is 1.36. The van der Waals surface area contributed by atoms with Gasteiger partial charge >= 0.3 is 0 Å². The summed E-state index contributed by atoms with van der Waals surface area (Å²) in [6.45, 7) is 2.05. The number of nitrogens with one attached hydrogen (secondary N) is 1. The van der Waals surface area contributed by atoms with Gasteiger partial charge in [-0.05, 0) is 42.6 Å². The first-order valence-corrected chi connectivity index (χ1v) is 10.2. The lowest BCUT2D eigenvalue weighted by Crippen LogP contribution is -2.73. The highest BCUT2D eigenvalue weighted by Crippen LogP contribution is 2.29. The predicted octanol–water partition coefficient (Wildman–Crippen LogP) is 4.95. The fourth-order valence-electron chi connectivity index (χ4n) is 2.89. The minimum absolute atomic E-state index is 0.435. The molecule has 0 radical (unpaired) electrons. The number of hydrogen-bond acceptors (Lipinski definition) is 6. The molecule has 0 aliphatic carbocycles. The molecule has 7 heteroatoms. The number of benzene rings is 3. The summed E-state index contributed by atoms with van der Waals surface area (Å²) in [5, 5.41) is 9.22. The van der Waals surface area contributed by atoms with Crippen LogP contribution in [-0.4, -0.2) is 15.2 Å². The normalized spacial score (nSPS) is 10.6. The highest BCUT2D eigenvalue weighted by Gasteiger charge is 2.11. The molecular weight excluding hydrogens is 396 g/mol. The molecule has 4 N–H and O–H groups in total. The molecule has 3 aromatic carbocycles. The maximum Gasteiger partial charge on any atom is 0.237 e. The maximum absolute atomic E-state index is 9.22. The monoisotopic (exact) mass is 417 g/mol. The Morgan fingerprint density at radius 1 is 0.900 bits per heavy atom. The molecule has 0 atom stereocenters. The second-order valence-electron chi connectivity index (χ2n) is 6.55. The molecule has 0 unspecified atom stereocenters. The van der Waals surface area contributed by atoms with E-state index >= 15 is 0 Å². The van der Waals surface area contributed by atoms with Gasteiger partial charge in [-0.1, -0.05) is 48.5 Å². The Morgan fingerprint density at radius 3 is 2.50 bits per heavy atom. The Bertz CT molecular complexity index is 1140. The number of nitrogens with two attached hydrogens (primary N) is 1. The van der Waals surface area contributed by atoms with E-state index in [0.29, 0.717) is 17.6 Å². The van der Waals surface area contributed by atoms with Crippen LogP contribution in [0.2, 0.25) is 0 Å². The van der Waals surface area contributed by atoms with Gasteiger partial charge in [0.25, 0.3) is 0 Å². The highest BCUT2D eigenvalue weighted by atomic mass is 32.2. The van der Waals surface area contributed by atoms with Gasteiger partial charge in [-0.2, -0.15) is 10.5 Å². The van der Waals surface area contributed by atoms with Crippen LogP contribution in [0, 0.1) is 6.92 Å². The third kappa shape index (κ3) is 4.96. The van der Waals surface area contributed by atoms with E-state index in [4.69, 9.17) is 4.74 Å². The number of para-hydroxylation sites is 1. The van der Waals surface area contributed by atoms with E-state index in [9.17, 15) is 5.21 Å². The lowest BCUT2D eigenvalue weighted by Gasteiger charge is -2.11. The molecule has 1 aromatic heterocycles. The Balaban J connectivity index is 1.65. The zero-order valence-electron chi connectivity index (χ0n) is 16.3. The van der Waals surface area contributed by atoms with Crippen molar-refractivity contribution in [3.05, 3.63) is 90.5 Å². The Kier molecular flexibility index (Phi) is 6.24. The second-order valence-corrected chi connectivity index (χ2v) is 7.43. The fourth-order valence-corrected chi connectivity index (χ4v) is 3.54. The summed E-state index contributed by atoms with van der Waals surface area (Å²) in [4.78, 5) is 10.1. The topological polar surface area (TPSA) is 83.9 Å². The van der Waals surface area contributed by atoms with Crippen LogP contribution in [0.5, 0.6) is 11.6 Å². The number of aromatic nitrogens is 2. The van der Waals surface area contributed by atoms with Crippen molar-refractivity contribution in [2.75, 3.05) is 4.72 Å². The lowest BCUT2D eigenvalue weighted by molar-refractivity contribution is -0.825. The molecular formula is C23H21N4O2S+. The smallest absolute Gasteiger partial charge is 0.237 e. The van der Waals surface area contributed by atoms with Gasteiger partial charge in [0.2, 0.25) is 11.8 Å². The Hall–Kier alpha value is -3.39. The first kappa shape index (κ1) is 19.9. The molecule has 0 fully saturated rings. The van der Waals surface area contributed by atoms with Crippen molar-refractivity contribution in [2.24, 2.45) is 0 Å². The van der Waals surface area contributed by atoms with Crippen LogP contribution in [-0.2, 0) is 0 Å². The van der Waals surface area contributed by atoms with Crippen molar-refractivity contribution in [1.29, 1.82) is 0 Å². The number of hydrogen-bond donors (Lipinski definition) is 3. The van der Waals surface area contributed by atoms with Crippen molar-refractivity contribution >= 4 is 23.6 Å². The van der Waals surface area contributed by atoms with Gasteiger partial charge in [-0.25, -0.2) is 10.2 Å². The molecule has 0 aliphatic rings. The fraction of sp³-hybridized carbons (Fsp3) is 0.0435. The zero-order valence-corrected chi connectivity index (χ0v) is 17.1. The standard InChI is InChI=1S/C23H20N4O2S/c1-16-8-5-6-13-20(16)21-15-22(29-18-10-3-2-4-11-18)25-23(24-21)27-30-19-12-7-9-17(14-19)26-28/h2-15,26,28H,1H3,(H,24,25,27)/p+1. The van der Waals surface area contributed by atoms with Gasteiger partial charge in [0, 0.05) is 28.7 Å². The molecule has 0 bridgehead atoms. The van der Waals surface area contributed by atoms with Crippen LogP contribution in [0.4, 0.5) is 11.6 Å². The Labute approximate surface area is 179 Å². The highest BCUT2D eigenvalue weighted by molar-refractivity contribution is 8.00. The number of anilines is 1. The molecule has 6 nitrogen and oxygen atoms in total. The number of nitrogens with zero attached hydrogens (tertiary/aromatic N) is 2. The van der Waals surface area contributed by atoms with Crippen LogP contribution in [0.3, 0.4) is 0 Å². The van der Waals surface area contributed by atoms with Crippen LogP contribution < -0.4 is 14.9 Å². The zero-order chi connectivity index (χ0) is 20.8. The number of rotatable bonds is 7. The third-order valence-electron chi connectivity index (χ3n) is 4.36. The van der Waals surface area contributed by atoms with E-state index in [0.717, 1.165) is 32.9 Å². The average molecular weight is 418 g/mol. The van der Waals surface area contributed by atoms with Crippen molar-refractivity contribution in [3.63, 3.8) is 0 Å². The lowest BCUT2D eigenvalue weighted by atomic mass is 10.1. The number of aryl methyl sites for hydroxylation is 1. The van der Waals surface area contributed by atoms with E-state index in [1.54, 1.807) is 0 Å². The summed E-state index contributed by atoms with van der Waals surface area (Å²) in [5.41, 5.74) is 4.71. The molecule has 0 aliphatic heterocycles. The van der Waals surface area contributed by atoms with E-state index in [-0.39, 0.29) is 0 Å². The predicted molar refractivity (Wildman–Crippen MR) is 118 cm³/mol. The first-order valence-electron chi connectivity index (χ1n) is 9.39. The summed E-state index contributed by atoms with van der Waals surface area (Å²) in [7, 11) is 0. The van der Waals surface area contributed by atoms with E-state index < -0.39 is 0 Å². The summed E-state index contributed by atoms with van der Waals surface area (Å²) < 4.78 is 9.16. The van der Waals surface area contributed by atoms with Crippen LogP contribution >= 0.6 is 11.9 Å². The molecule has 0 saturated heterocycles. The molecule has 4 aromatic rings. The average Bonchev–Trinajstić information content (AvgIpc) is 2.79. The SMILES string of the molecule is Cc1ccccc1-c1cc(Oc2ccccc2)nc(NSc2cccc([NH2+]O)c2)n1. The number of ether oxygens (including phenoxy) is 1. The van der Waals surface area contributed by atoms with Crippen LogP contribution in [0.15, 0.2) is 89.8 Å². The molecule has 0 saturated carbocycles. The van der Waals surface area contributed by atoms with Gasteiger partial charge in [0.15, 0.2) is 5.69 Å². The maximum atomic E-state index is 9.22. The van der Waals surface area contributed by atoms with E-state index in [1.807, 2.05) is 91.9 Å². The van der Waals surface area contributed by atoms with Gasteiger partial charge in [0.1, 0.15) is 5.75 Å². The van der Waals surface area contributed by atoms with Crippen molar-refractivity contribution in [3.8, 4) is 22.9 Å². The summed E-state index contributed by atoms with van der Waals surface area (Å²) in [6.07, 6.45) is 0. The molecule has 4 rings (SSSR count). The minimum atomic E-state index is 0.435. The van der Waals surface area contributed by atoms with E-state index in [1.165, 1.54) is 11.9 Å². The van der Waals surface area contributed by atoms with E-state index in [2.05, 4.69) is 14.7 Å². The molecule has 0 amide bonds. The third-order valence-corrected chi connectivity index (χ3v) is 5.13. The van der Waals surface area contributed by atoms with Gasteiger partial charge in [0.05, 0.1) is 5.69 Å². The summed E-state index contributed by atoms with van der Waals surface area (Å²) in [5.74, 6) is 1.59. The summed E-state index contributed by atoms with van der Waals surface area (Å²) in [6, 6.07) is 26.9. The molecule has 0 spiro atoms. The van der Waals surface area contributed by atoms with Gasteiger partial charge in [-0.15, -0.1) is 0 Å². The number of quaternary nitrogens is 1. The molecule has 1 heterocycles. The first-order chi connectivity index (χ1) is 14.7. The van der Waals surface area contributed by atoms with Crippen molar-refractivity contribution in [2.45, 2.75) is 11.8 Å². The largest absolute Gasteiger partial charge is 0.439 e. The molecule has 150 valence electrons. The molecule has 30 heavy (non-hydrogen) atoms. The van der Waals surface area contributed by atoms with Crippen molar-refractivity contribution in [1.82, 2.24) is 9.97 Å². The van der Waals surface area contributed by atoms with Crippen molar-refractivity contribution < 1.29 is 15.4 Å². The quantitative estimate of drug-likeness (QED) is 0.224.